The zero-order valence-electron chi connectivity index (χ0n) is 14.0. The normalized spacial score (nSPS) is 16.8. The van der Waals surface area contributed by atoms with Crippen LogP contribution in [0.4, 0.5) is 4.79 Å². The van der Waals surface area contributed by atoms with Crippen LogP contribution >= 0.6 is 13.5 Å². The van der Waals surface area contributed by atoms with Gasteiger partial charge in [-0.15, -0.1) is 0 Å². The van der Waals surface area contributed by atoms with E-state index in [1.54, 1.807) is 22.7 Å². The molecule has 1 fully saturated rings. The molecule has 2 heterocycles. The minimum Gasteiger partial charge on any atom is -0.462 e. The summed E-state index contributed by atoms with van der Waals surface area (Å²) in [6.45, 7) is 8.78. The number of carbonyl (C=O) groups is 2. The maximum absolute atomic E-state index is 12.0. The Balaban J connectivity index is 0.00000264. The van der Waals surface area contributed by atoms with Crippen LogP contribution in [0, 0.1) is 0 Å². The minimum absolute atomic E-state index is 0. The van der Waals surface area contributed by atoms with Crippen LogP contribution in [-0.4, -0.2) is 52.0 Å². The summed E-state index contributed by atoms with van der Waals surface area (Å²) in [5.41, 5.74) is -0.0737. The van der Waals surface area contributed by atoms with Crippen LogP contribution in [0.5, 0.6) is 0 Å². The molecule has 8 heteroatoms. The van der Waals surface area contributed by atoms with Crippen molar-refractivity contribution in [1.29, 1.82) is 0 Å². The predicted octanol–water partition coefficient (Wildman–Crippen LogP) is 2.99. The molecule has 0 saturated carbocycles. The van der Waals surface area contributed by atoms with E-state index in [4.69, 9.17) is 9.47 Å². The average Bonchev–Trinajstić information content (AvgIpc) is 3.06. The first-order valence-electron chi connectivity index (χ1n) is 7.49. The fourth-order valence-corrected chi connectivity index (χ4v) is 2.31. The fraction of sp³-hybridized carbons (Fsp3) is 0.688. The molecule has 0 bridgehead atoms. The predicted molar refractivity (Wildman–Crippen MR) is 96.8 cm³/mol. The van der Waals surface area contributed by atoms with Crippen molar-refractivity contribution < 1.29 is 19.1 Å². The summed E-state index contributed by atoms with van der Waals surface area (Å²) in [7, 11) is 0. The topological polar surface area (TPSA) is 73.7 Å². The molecule has 0 spiro atoms. The van der Waals surface area contributed by atoms with Crippen molar-refractivity contribution in [3.05, 3.63) is 18.0 Å². The molecule has 7 nitrogen and oxygen atoms in total. The highest BCUT2D eigenvalue weighted by molar-refractivity contribution is 7.59. The molecule has 0 aliphatic carbocycles. The number of amides is 1. The first-order chi connectivity index (χ1) is 10.3. The summed E-state index contributed by atoms with van der Waals surface area (Å²) in [6, 6.07) is 0.0516. The number of likely N-dealkylation sites (tertiary alicyclic amines) is 1. The smallest absolute Gasteiger partial charge is 0.410 e. The van der Waals surface area contributed by atoms with Gasteiger partial charge < -0.3 is 14.4 Å². The van der Waals surface area contributed by atoms with Crippen LogP contribution in [0.1, 0.15) is 57.9 Å². The van der Waals surface area contributed by atoms with Crippen LogP contribution in [0.3, 0.4) is 0 Å². The lowest BCUT2D eigenvalue weighted by Crippen LogP contribution is -2.35. The summed E-state index contributed by atoms with van der Waals surface area (Å²) >= 11 is 0. The third-order valence-corrected chi connectivity index (χ3v) is 3.30. The highest BCUT2D eigenvalue weighted by Gasteiger charge is 2.31. The molecule has 24 heavy (non-hydrogen) atoms. The van der Waals surface area contributed by atoms with E-state index in [0.29, 0.717) is 25.3 Å². The molecule has 1 aromatic rings. The van der Waals surface area contributed by atoms with Gasteiger partial charge in [-0.3, -0.25) is 4.68 Å². The molecular weight excluding hydrogens is 330 g/mol. The van der Waals surface area contributed by atoms with Crippen molar-refractivity contribution in [1.82, 2.24) is 14.7 Å². The Bertz CT molecular complexity index is 554. The molecule has 0 N–H and O–H groups in total. The van der Waals surface area contributed by atoms with Crippen LogP contribution in [0.2, 0.25) is 0 Å². The lowest BCUT2D eigenvalue weighted by atomic mass is 10.2. The highest BCUT2D eigenvalue weighted by Crippen LogP contribution is 2.23. The fourth-order valence-electron chi connectivity index (χ4n) is 2.31. The summed E-state index contributed by atoms with van der Waals surface area (Å²) in [4.78, 5) is 25.3. The standard InChI is InChI=1S/C15H23N3O4.CH4.H2S/c1-5-21-13(19)11-8-16-18(9-11)12-6-7-17(10-12)14(20)22-15(2,3)4;;/h8-9,12H,5-7,10H2,1-4H3;1H4;1H2. The van der Waals surface area contributed by atoms with Gasteiger partial charge in [0.05, 0.1) is 24.4 Å². The van der Waals surface area contributed by atoms with Crippen molar-refractivity contribution in [2.24, 2.45) is 0 Å². The first kappa shape index (κ1) is 22.3. The van der Waals surface area contributed by atoms with Gasteiger partial charge in [0.2, 0.25) is 0 Å². The van der Waals surface area contributed by atoms with Crippen molar-refractivity contribution in [2.45, 2.75) is 53.2 Å². The quantitative estimate of drug-likeness (QED) is 0.776. The van der Waals surface area contributed by atoms with Crippen LogP contribution < -0.4 is 0 Å². The molecule has 0 radical (unpaired) electrons. The summed E-state index contributed by atoms with van der Waals surface area (Å²) < 4.78 is 12.0. The Kier molecular flexibility index (Phi) is 8.32. The van der Waals surface area contributed by atoms with E-state index in [9.17, 15) is 9.59 Å². The zero-order valence-corrected chi connectivity index (χ0v) is 15.0. The molecule has 1 atom stereocenters. The van der Waals surface area contributed by atoms with E-state index in [2.05, 4.69) is 5.10 Å². The lowest BCUT2D eigenvalue weighted by Gasteiger charge is -2.24. The van der Waals surface area contributed by atoms with Crippen LogP contribution in [0.15, 0.2) is 12.4 Å². The van der Waals surface area contributed by atoms with Gasteiger partial charge in [0.1, 0.15) is 5.60 Å². The molecule has 2 rings (SSSR count). The molecule has 1 aliphatic heterocycles. The number of aromatic nitrogens is 2. The Morgan fingerprint density at radius 3 is 2.62 bits per heavy atom. The zero-order chi connectivity index (χ0) is 16.3. The van der Waals surface area contributed by atoms with Crippen molar-refractivity contribution in [3.63, 3.8) is 0 Å². The number of hydrogen-bond donors (Lipinski definition) is 0. The number of ether oxygens (including phenoxy) is 2. The molecular formula is C16H29N3O4S. The molecule has 1 unspecified atom stereocenters. The van der Waals surface area contributed by atoms with E-state index in [0.717, 1.165) is 6.42 Å². The van der Waals surface area contributed by atoms with Gasteiger partial charge >= 0.3 is 12.1 Å². The highest BCUT2D eigenvalue weighted by atomic mass is 32.1. The monoisotopic (exact) mass is 359 g/mol. The summed E-state index contributed by atoms with van der Waals surface area (Å²) in [5.74, 6) is -0.379. The Morgan fingerprint density at radius 1 is 1.38 bits per heavy atom. The lowest BCUT2D eigenvalue weighted by molar-refractivity contribution is 0.0288. The molecule has 138 valence electrons. The Labute approximate surface area is 150 Å². The third kappa shape index (κ3) is 5.74. The van der Waals surface area contributed by atoms with E-state index < -0.39 is 5.60 Å². The van der Waals surface area contributed by atoms with Gasteiger partial charge in [-0.1, -0.05) is 7.43 Å². The Morgan fingerprint density at radius 2 is 2.04 bits per heavy atom. The molecule has 1 amide bonds. The largest absolute Gasteiger partial charge is 0.462 e. The van der Waals surface area contributed by atoms with Gasteiger partial charge in [0.15, 0.2) is 0 Å². The Hall–Kier alpha value is -1.70. The van der Waals surface area contributed by atoms with Gasteiger partial charge in [0.25, 0.3) is 0 Å². The van der Waals surface area contributed by atoms with Gasteiger partial charge in [-0.2, -0.15) is 18.6 Å². The van der Waals surface area contributed by atoms with E-state index in [1.807, 2.05) is 20.8 Å². The van der Waals surface area contributed by atoms with Gasteiger partial charge in [0, 0.05) is 19.3 Å². The van der Waals surface area contributed by atoms with E-state index in [-0.39, 0.29) is 39.0 Å². The van der Waals surface area contributed by atoms with Crippen LogP contribution in [0.25, 0.3) is 0 Å². The van der Waals surface area contributed by atoms with E-state index >= 15 is 0 Å². The first-order valence-corrected chi connectivity index (χ1v) is 7.49. The van der Waals surface area contributed by atoms with Crippen LogP contribution in [-0.2, 0) is 9.47 Å². The maximum atomic E-state index is 12.0. The SMILES string of the molecule is C.CCOC(=O)c1cnn(C2CCN(C(=O)OC(C)(C)C)C2)c1.S. The minimum atomic E-state index is -0.502. The van der Waals surface area contributed by atoms with Crippen molar-refractivity contribution in [3.8, 4) is 0 Å². The molecule has 0 aromatic carbocycles. The summed E-state index contributed by atoms with van der Waals surface area (Å²) in [6.07, 6.45) is 3.63. The average molecular weight is 359 g/mol. The van der Waals surface area contributed by atoms with Gasteiger partial charge in [-0.05, 0) is 34.1 Å². The van der Waals surface area contributed by atoms with Gasteiger partial charge in [-0.25, -0.2) is 9.59 Å². The second kappa shape index (κ2) is 8.96. The number of hydrogen-bond acceptors (Lipinski definition) is 5. The number of nitrogens with zero attached hydrogens (tertiary/aromatic N) is 3. The van der Waals surface area contributed by atoms with Crippen molar-refractivity contribution >= 4 is 25.6 Å². The number of esters is 1. The van der Waals surface area contributed by atoms with Crippen molar-refractivity contribution in [2.75, 3.05) is 19.7 Å². The second-order valence-electron chi connectivity index (χ2n) is 6.30. The third-order valence-electron chi connectivity index (χ3n) is 3.30. The number of carbonyl (C=O) groups excluding carboxylic acids is 2. The molecule has 1 aromatic heterocycles. The second-order valence-corrected chi connectivity index (χ2v) is 6.30. The molecule has 1 aliphatic rings. The molecule has 1 saturated heterocycles. The maximum Gasteiger partial charge on any atom is 0.410 e. The summed E-state index contributed by atoms with van der Waals surface area (Å²) in [5, 5.41) is 4.21. The van der Waals surface area contributed by atoms with E-state index in [1.165, 1.54) is 6.20 Å². The number of rotatable bonds is 3.